The van der Waals surface area contributed by atoms with Gasteiger partial charge < -0.3 is 14.6 Å². The maximum absolute atomic E-state index is 13.8. The highest BCUT2D eigenvalue weighted by Crippen LogP contribution is 2.38. The lowest BCUT2D eigenvalue weighted by Crippen LogP contribution is -2.45. The number of methoxy groups -OCH3 is 1. The summed E-state index contributed by atoms with van der Waals surface area (Å²) in [7, 11) is 1.62. The lowest BCUT2D eigenvalue weighted by atomic mass is 9.74. The lowest BCUT2D eigenvalue weighted by Gasteiger charge is -2.39. The molecule has 4 rings (SSSR count). The number of hydrogen-bond acceptors (Lipinski definition) is 5. The molecule has 0 atom stereocenters. The van der Waals surface area contributed by atoms with Gasteiger partial charge in [-0.3, -0.25) is 14.7 Å². The minimum atomic E-state index is -1.09. The number of hydrogen-bond donors (Lipinski definition) is 1. The second-order valence-corrected chi connectivity index (χ2v) is 9.63. The average molecular weight is 517 g/mol. The van der Waals surface area contributed by atoms with Crippen molar-refractivity contribution in [1.29, 1.82) is 0 Å². The minimum Gasteiger partial charge on any atom is -0.497 e. The van der Waals surface area contributed by atoms with Crippen molar-refractivity contribution in [2.45, 2.75) is 39.0 Å². The van der Waals surface area contributed by atoms with E-state index in [1.165, 1.54) is 0 Å². The zero-order chi connectivity index (χ0) is 26.6. The molecule has 9 heteroatoms. The Morgan fingerprint density at radius 1 is 1.14 bits per heavy atom. The van der Waals surface area contributed by atoms with Gasteiger partial charge in [0.1, 0.15) is 18.2 Å². The molecule has 0 amide bonds. The monoisotopic (exact) mass is 516 g/mol. The number of fused-ring (bicyclic) bond motifs is 1. The largest absolute Gasteiger partial charge is 0.497 e. The Balaban J connectivity index is 1.33. The van der Waals surface area contributed by atoms with Crippen LogP contribution in [0.25, 0.3) is 10.9 Å². The molecule has 0 aliphatic carbocycles. The number of pyridine rings is 1. The van der Waals surface area contributed by atoms with Crippen molar-refractivity contribution in [2.75, 3.05) is 33.4 Å². The Hall–Kier alpha value is -3.33. The summed E-state index contributed by atoms with van der Waals surface area (Å²) in [5.74, 6) is -3.82. The molecule has 37 heavy (non-hydrogen) atoms. The van der Waals surface area contributed by atoms with Gasteiger partial charge in [-0.05, 0) is 81.4 Å². The number of likely N-dealkylation sites (tertiary alicyclic amines) is 1. The Labute approximate surface area is 214 Å². The fourth-order valence-corrected chi connectivity index (χ4v) is 5.11. The van der Waals surface area contributed by atoms with Crippen LogP contribution < -0.4 is 9.47 Å². The third kappa shape index (κ3) is 5.98. The first kappa shape index (κ1) is 26.7. The number of aromatic nitrogens is 1. The third-order valence-corrected chi connectivity index (χ3v) is 7.37. The SMILES string of the molecule is COc1ccc2ncc(C)c(CCCC3(C(=O)O)CCN(CCOc4c(F)cc(F)cc4F)CC3)c2c1. The van der Waals surface area contributed by atoms with Gasteiger partial charge in [0, 0.05) is 30.3 Å². The second-order valence-electron chi connectivity index (χ2n) is 9.63. The summed E-state index contributed by atoms with van der Waals surface area (Å²) in [6.07, 6.45) is 4.80. The minimum absolute atomic E-state index is 0.0113. The van der Waals surface area contributed by atoms with Gasteiger partial charge in [-0.25, -0.2) is 13.2 Å². The Bertz CT molecular complexity index is 1250. The highest BCUT2D eigenvalue weighted by atomic mass is 19.1. The molecule has 6 nitrogen and oxygen atoms in total. The topological polar surface area (TPSA) is 71.9 Å². The molecule has 0 saturated carbocycles. The van der Waals surface area contributed by atoms with Crippen LogP contribution in [0.15, 0.2) is 36.5 Å². The number of carboxylic acids is 1. The highest BCUT2D eigenvalue weighted by molar-refractivity contribution is 5.84. The number of nitrogens with zero attached hydrogens (tertiary/aromatic N) is 2. The first-order chi connectivity index (χ1) is 17.7. The van der Waals surface area contributed by atoms with Crippen LogP contribution in [0.4, 0.5) is 13.2 Å². The van der Waals surface area contributed by atoms with E-state index in [9.17, 15) is 23.1 Å². The lowest BCUT2D eigenvalue weighted by molar-refractivity contribution is -0.152. The quantitative estimate of drug-likeness (QED) is 0.382. The van der Waals surface area contributed by atoms with Crippen molar-refractivity contribution in [1.82, 2.24) is 9.88 Å². The first-order valence-electron chi connectivity index (χ1n) is 12.4. The van der Waals surface area contributed by atoms with E-state index in [1.54, 1.807) is 7.11 Å². The molecule has 2 heterocycles. The van der Waals surface area contributed by atoms with Crippen LogP contribution in [0.2, 0.25) is 0 Å². The average Bonchev–Trinajstić information content (AvgIpc) is 2.87. The van der Waals surface area contributed by atoms with E-state index < -0.39 is 34.6 Å². The highest BCUT2D eigenvalue weighted by Gasteiger charge is 2.40. The van der Waals surface area contributed by atoms with Crippen molar-refractivity contribution in [3.63, 3.8) is 0 Å². The fourth-order valence-electron chi connectivity index (χ4n) is 5.11. The number of rotatable bonds is 10. The summed E-state index contributed by atoms with van der Waals surface area (Å²) < 4.78 is 51.2. The predicted octanol–water partition coefficient (Wildman–Crippen LogP) is 5.54. The van der Waals surface area contributed by atoms with E-state index in [0.29, 0.717) is 51.0 Å². The molecule has 198 valence electrons. The summed E-state index contributed by atoms with van der Waals surface area (Å²) in [4.78, 5) is 18.8. The number of piperidine rings is 1. The van der Waals surface area contributed by atoms with E-state index in [0.717, 1.165) is 40.6 Å². The Morgan fingerprint density at radius 2 is 1.84 bits per heavy atom. The molecule has 1 fully saturated rings. The van der Waals surface area contributed by atoms with Crippen LogP contribution in [-0.4, -0.2) is 54.3 Å². The molecule has 0 radical (unpaired) electrons. The summed E-state index contributed by atoms with van der Waals surface area (Å²) in [6.45, 7) is 3.49. The van der Waals surface area contributed by atoms with Gasteiger partial charge in [0.05, 0.1) is 18.0 Å². The molecular weight excluding hydrogens is 485 g/mol. The molecule has 1 aliphatic heterocycles. The molecule has 1 aromatic heterocycles. The van der Waals surface area contributed by atoms with Crippen LogP contribution in [-0.2, 0) is 11.2 Å². The Morgan fingerprint density at radius 3 is 2.49 bits per heavy atom. The van der Waals surface area contributed by atoms with E-state index in [2.05, 4.69) is 4.98 Å². The molecule has 1 saturated heterocycles. The molecule has 2 aromatic carbocycles. The van der Waals surface area contributed by atoms with Crippen LogP contribution >= 0.6 is 0 Å². The summed E-state index contributed by atoms with van der Waals surface area (Å²) in [6, 6.07) is 6.93. The number of aliphatic carboxylic acids is 1. The van der Waals surface area contributed by atoms with Crippen molar-refractivity contribution in [3.8, 4) is 11.5 Å². The maximum Gasteiger partial charge on any atom is 0.309 e. The fraction of sp³-hybridized carbons (Fsp3) is 0.429. The van der Waals surface area contributed by atoms with Crippen molar-refractivity contribution >= 4 is 16.9 Å². The van der Waals surface area contributed by atoms with E-state index in [-0.39, 0.29) is 6.61 Å². The zero-order valence-electron chi connectivity index (χ0n) is 21.0. The molecular formula is C28H31F3N2O4. The van der Waals surface area contributed by atoms with E-state index >= 15 is 0 Å². The molecule has 3 aromatic rings. The van der Waals surface area contributed by atoms with Crippen molar-refractivity contribution in [2.24, 2.45) is 5.41 Å². The standard InChI is InChI=1S/C28H31F3N2O4/c1-18-17-32-25-6-5-20(36-2)16-22(25)21(18)4-3-7-28(27(34)35)8-10-33(11-9-28)12-13-37-26-23(30)14-19(29)15-24(26)31/h5-6,14-17H,3-4,7-13H2,1-2H3,(H,34,35). The maximum atomic E-state index is 13.8. The number of halogens is 3. The van der Waals surface area contributed by atoms with Gasteiger partial charge in [-0.2, -0.15) is 0 Å². The normalized spacial score (nSPS) is 15.6. The van der Waals surface area contributed by atoms with E-state index in [1.807, 2.05) is 36.2 Å². The zero-order valence-corrected chi connectivity index (χ0v) is 21.0. The summed E-state index contributed by atoms with van der Waals surface area (Å²) in [5, 5.41) is 11.1. The summed E-state index contributed by atoms with van der Waals surface area (Å²) in [5.41, 5.74) is 2.28. The van der Waals surface area contributed by atoms with Crippen LogP contribution in [0, 0.1) is 29.8 Å². The van der Waals surface area contributed by atoms with Crippen molar-refractivity contribution < 1.29 is 32.5 Å². The van der Waals surface area contributed by atoms with Gasteiger partial charge in [0.15, 0.2) is 17.4 Å². The molecule has 1 N–H and O–H groups in total. The van der Waals surface area contributed by atoms with Gasteiger partial charge in [-0.15, -0.1) is 0 Å². The number of aryl methyl sites for hydroxylation is 2. The molecule has 0 bridgehead atoms. The van der Waals surface area contributed by atoms with Crippen LogP contribution in [0.5, 0.6) is 11.5 Å². The van der Waals surface area contributed by atoms with Gasteiger partial charge in [0.2, 0.25) is 0 Å². The smallest absolute Gasteiger partial charge is 0.309 e. The van der Waals surface area contributed by atoms with Gasteiger partial charge in [-0.1, -0.05) is 0 Å². The van der Waals surface area contributed by atoms with Gasteiger partial charge >= 0.3 is 5.97 Å². The third-order valence-electron chi connectivity index (χ3n) is 7.37. The molecule has 0 unspecified atom stereocenters. The summed E-state index contributed by atoms with van der Waals surface area (Å²) >= 11 is 0. The number of ether oxygens (including phenoxy) is 2. The molecule has 0 spiro atoms. The number of carboxylic acid groups (broad SMARTS) is 1. The first-order valence-corrected chi connectivity index (χ1v) is 12.4. The second kappa shape index (κ2) is 11.4. The number of carbonyl (C=O) groups is 1. The Kier molecular flexibility index (Phi) is 8.22. The van der Waals surface area contributed by atoms with Crippen molar-refractivity contribution in [3.05, 3.63) is 65.1 Å². The predicted molar refractivity (Wildman–Crippen MR) is 134 cm³/mol. The molecule has 1 aliphatic rings. The van der Waals surface area contributed by atoms with Gasteiger partial charge in [0.25, 0.3) is 0 Å². The number of benzene rings is 2. The van der Waals surface area contributed by atoms with Crippen LogP contribution in [0.1, 0.15) is 36.8 Å². The van der Waals surface area contributed by atoms with Crippen LogP contribution in [0.3, 0.4) is 0 Å². The van der Waals surface area contributed by atoms with E-state index in [4.69, 9.17) is 9.47 Å².